The van der Waals surface area contributed by atoms with Gasteiger partial charge in [0, 0.05) is 11.5 Å². The monoisotopic (exact) mass is 499 g/mol. The molecule has 5 nitrogen and oxygen atoms in total. The summed E-state index contributed by atoms with van der Waals surface area (Å²) >= 11 is 6.54. The van der Waals surface area contributed by atoms with Crippen LogP contribution in [0.3, 0.4) is 0 Å². The van der Waals surface area contributed by atoms with E-state index in [1.54, 1.807) is 24.3 Å². The van der Waals surface area contributed by atoms with E-state index >= 15 is 0 Å². The minimum atomic E-state index is -0.955. The Morgan fingerprint density at radius 1 is 1.08 bits per heavy atom. The maximum absolute atomic E-state index is 11.2. The largest absolute Gasteiger partial charge is 0.489 e. The van der Waals surface area contributed by atoms with Crippen LogP contribution in [0.15, 0.2) is 65.2 Å². The van der Waals surface area contributed by atoms with E-state index in [-0.39, 0.29) is 5.56 Å². The third-order valence-corrected chi connectivity index (χ3v) is 6.76. The van der Waals surface area contributed by atoms with Crippen molar-refractivity contribution in [3.8, 4) is 17.0 Å². The van der Waals surface area contributed by atoms with Crippen LogP contribution >= 0.6 is 11.6 Å². The Balaban J connectivity index is 1.36. The summed E-state index contributed by atoms with van der Waals surface area (Å²) in [5.74, 6) is 1.02. The molecule has 182 valence electrons. The third-order valence-electron chi connectivity index (χ3n) is 6.43. The number of aromatic nitrogens is 1. The van der Waals surface area contributed by atoms with Gasteiger partial charge in [-0.1, -0.05) is 59.2 Å². The summed E-state index contributed by atoms with van der Waals surface area (Å²) in [6, 6.07) is 18.5. The van der Waals surface area contributed by atoms with Gasteiger partial charge in [0.05, 0.1) is 16.1 Å². The van der Waals surface area contributed by atoms with Crippen molar-refractivity contribution in [2.45, 2.75) is 39.2 Å². The van der Waals surface area contributed by atoms with E-state index in [1.807, 2.05) is 36.4 Å². The standard InChI is InChI=1S/C30H26ClNO4/c1-18-5-3-6-19(2)27(18)28-25(29(36-32-28)22-11-12-22)17-35-24-14-13-21(26(31)16-24)10-9-20-7-4-8-23(15-20)30(33)34/h3-10,13-16,22H,11-12,17H2,1-2H3,(H,33,34)/b10-9+. The molecule has 3 aromatic carbocycles. The number of benzene rings is 3. The molecular formula is C30H26ClNO4. The van der Waals surface area contributed by atoms with Gasteiger partial charge in [-0.2, -0.15) is 0 Å². The lowest BCUT2D eigenvalue weighted by Crippen LogP contribution is -2.01. The predicted molar refractivity (Wildman–Crippen MR) is 142 cm³/mol. The molecule has 0 amide bonds. The molecule has 5 rings (SSSR count). The molecule has 0 atom stereocenters. The molecule has 0 aliphatic heterocycles. The second-order valence-electron chi connectivity index (χ2n) is 9.15. The second-order valence-corrected chi connectivity index (χ2v) is 9.56. The summed E-state index contributed by atoms with van der Waals surface area (Å²) in [6.07, 6.45) is 5.91. The van der Waals surface area contributed by atoms with Crippen LogP contribution in [0, 0.1) is 13.8 Å². The van der Waals surface area contributed by atoms with Crippen molar-refractivity contribution in [2.75, 3.05) is 0 Å². The van der Waals surface area contributed by atoms with Crippen LogP contribution in [0.1, 0.15) is 62.7 Å². The van der Waals surface area contributed by atoms with Gasteiger partial charge in [0.15, 0.2) is 0 Å². The van der Waals surface area contributed by atoms with E-state index in [2.05, 4.69) is 31.1 Å². The lowest BCUT2D eigenvalue weighted by molar-refractivity contribution is 0.0697. The minimum absolute atomic E-state index is 0.242. The zero-order valence-corrected chi connectivity index (χ0v) is 20.9. The lowest BCUT2D eigenvalue weighted by Gasteiger charge is -2.11. The molecule has 0 bridgehead atoms. The highest BCUT2D eigenvalue weighted by atomic mass is 35.5. The summed E-state index contributed by atoms with van der Waals surface area (Å²) in [7, 11) is 0. The van der Waals surface area contributed by atoms with Gasteiger partial charge >= 0.3 is 5.97 Å². The molecule has 1 aliphatic carbocycles. The molecule has 6 heteroatoms. The molecule has 1 aliphatic rings. The van der Waals surface area contributed by atoms with Crippen molar-refractivity contribution >= 4 is 29.7 Å². The topological polar surface area (TPSA) is 72.6 Å². The van der Waals surface area contributed by atoms with Crippen LogP contribution in [0.2, 0.25) is 5.02 Å². The van der Waals surface area contributed by atoms with Crippen LogP contribution in [-0.4, -0.2) is 16.2 Å². The SMILES string of the molecule is Cc1cccc(C)c1-c1noc(C2CC2)c1COc1ccc(/C=C/c2cccc(C(=O)O)c2)c(Cl)c1. The molecule has 4 aromatic rings. The Morgan fingerprint density at radius 2 is 1.83 bits per heavy atom. The quantitative estimate of drug-likeness (QED) is 0.249. The van der Waals surface area contributed by atoms with Gasteiger partial charge in [-0.15, -0.1) is 0 Å². The molecule has 0 radical (unpaired) electrons. The van der Waals surface area contributed by atoms with E-state index in [1.165, 1.54) is 0 Å². The van der Waals surface area contributed by atoms with E-state index in [0.29, 0.717) is 23.3 Å². The predicted octanol–water partition coefficient (Wildman–Crippen LogP) is 7.94. The zero-order chi connectivity index (χ0) is 25.2. The Hall–Kier alpha value is -3.83. The summed E-state index contributed by atoms with van der Waals surface area (Å²) in [5, 5.41) is 14.2. The van der Waals surface area contributed by atoms with Crippen molar-refractivity contribution in [3.05, 3.63) is 105 Å². The highest BCUT2D eigenvalue weighted by Gasteiger charge is 2.33. The van der Waals surface area contributed by atoms with Gasteiger partial charge in [0.25, 0.3) is 0 Å². The number of halogens is 1. The first-order chi connectivity index (χ1) is 17.4. The van der Waals surface area contributed by atoms with Gasteiger partial charge in [-0.05, 0) is 79.3 Å². The van der Waals surface area contributed by atoms with Crippen LogP contribution in [0.5, 0.6) is 5.75 Å². The number of carboxylic acids is 1. The molecule has 0 saturated heterocycles. The smallest absolute Gasteiger partial charge is 0.335 e. The number of ether oxygens (including phenoxy) is 1. The van der Waals surface area contributed by atoms with E-state index < -0.39 is 5.97 Å². The number of hydrogen-bond donors (Lipinski definition) is 1. The molecule has 0 spiro atoms. The minimum Gasteiger partial charge on any atom is -0.489 e. The van der Waals surface area contributed by atoms with Crippen LogP contribution in [0.4, 0.5) is 0 Å². The second kappa shape index (κ2) is 10.0. The van der Waals surface area contributed by atoms with Gasteiger partial charge in [0.2, 0.25) is 0 Å². The summed E-state index contributed by atoms with van der Waals surface area (Å²) in [5.41, 5.74) is 7.08. The number of nitrogens with zero attached hydrogens (tertiary/aromatic N) is 1. The van der Waals surface area contributed by atoms with E-state index in [9.17, 15) is 9.90 Å². The van der Waals surface area contributed by atoms with Gasteiger partial charge in [-0.25, -0.2) is 4.79 Å². The first-order valence-corrected chi connectivity index (χ1v) is 12.3. The fourth-order valence-corrected chi connectivity index (χ4v) is 4.60. The van der Waals surface area contributed by atoms with Crippen LogP contribution < -0.4 is 4.74 Å². The van der Waals surface area contributed by atoms with Gasteiger partial charge in [0.1, 0.15) is 23.8 Å². The summed E-state index contributed by atoms with van der Waals surface area (Å²) in [6.45, 7) is 4.51. The maximum Gasteiger partial charge on any atom is 0.335 e. The molecule has 1 aromatic heterocycles. The van der Waals surface area contributed by atoms with Crippen LogP contribution in [0.25, 0.3) is 23.4 Å². The average molecular weight is 500 g/mol. The lowest BCUT2D eigenvalue weighted by atomic mass is 9.96. The Kier molecular flexibility index (Phi) is 6.66. The third kappa shape index (κ3) is 5.07. The van der Waals surface area contributed by atoms with Crippen LogP contribution in [-0.2, 0) is 6.61 Å². The molecule has 36 heavy (non-hydrogen) atoms. The van der Waals surface area contributed by atoms with E-state index in [0.717, 1.165) is 57.7 Å². The number of hydrogen-bond acceptors (Lipinski definition) is 4. The first-order valence-electron chi connectivity index (χ1n) is 11.9. The molecule has 1 heterocycles. The fraction of sp³-hybridized carbons (Fsp3) is 0.200. The Bertz CT molecular complexity index is 1450. The van der Waals surface area contributed by atoms with Crippen molar-refractivity contribution in [1.82, 2.24) is 5.16 Å². The Morgan fingerprint density at radius 3 is 2.53 bits per heavy atom. The highest BCUT2D eigenvalue weighted by Crippen LogP contribution is 2.45. The van der Waals surface area contributed by atoms with Crippen molar-refractivity contribution < 1.29 is 19.2 Å². The maximum atomic E-state index is 11.2. The normalized spacial score (nSPS) is 13.3. The number of aryl methyl sites for hydroxylation is 2. The van der Waals surface area contributed by atoms with E-state index in [4.69, 9.17) is 20.9 Å². The number of aromatic carboxylic acids is 1. The van der Waals surface area contributed by atoms with Crippen molar-refractivity contribution in [3.63, 3.8) is 0 Å². The van der Waals surface area contributed by atoms with Gasteiger partial charge < -0.3 is 14.4 Å². The fourth-order valence-electron chi connectivity index (χ4n) is 4.36. The number of carboxylic acid groups (broad SMARTS) is 1. The molecule has 1 saturated carbocycles. The molecule has 0 unspecified atom stereocenters. The van der Waals surface area contributed by atoms with Crippen molar-refractivity contribution in [1.29, 1.82) is 0 Å². The summed E-state index contributed by atoms with van der Waals surface area (Å²) < 4.78 is 12.0. The average Bonchev–Trinajstić information content (AvgIpc) is 3.62. The van der Waals surface area contributed by atoms with Gasteiger partial charge in [-0.3, -0.25) is 0 Å². The number of rotatable bonds is 8. The molecule has 1 N–H and O–H groups in total. The van der Waals surface area contributed by atoms with Crippen molar-refractivity contribution in [2.24, 2.45) is 0 Å². The zero-order valence-electron chi connectivity index (χ0n) is 20.1. The molecular weight excluding hydrogens is 474 g/mol. The Labute approximate surface area is 215 Å². The molecule has 1 fully saturated rings. The number of carbonyl (C=O) groups is 1. The summed E-state index contributed by atoms with van der Waals surface area (Å²) in [4.78, 5) is 11.2. The highest BCUT2D eigenvalue weighted by molar-refractivity contribution is 6.32. The first kappa shape index (κ1) is 23.9.